The molecule has 6 nitrogen and oxygen atoms in total. The van der Waals surface area contributed by atoms with Gasteiger partial charge >= 0.3 is 5.69 Å². The fraction of sp³-hybridized carbons (Fsp3) is 0.118. The zero-order valence-corrected chi connectivity index (χ0v) is 12.7. The molecule has 122 valence electrons. The Labute approximate surface area is 135 Å². The van der Waals surface area contributed by atoms with Crippen LogP contribution in [0.5, 0.6) is 0 Å². The summed E-state index contributed by atoms with van der Waals surface area (Å²) in [7, 11) is 0. The van der Waals surface area contributed by atoms with Crippen molar-refractivity contribution < 1.29 is 9.18 Å². The molecule has 0 saturated heterocycles. The second-order valence-electron chi connectivity index (χ2n) is 5.30. The molecular weight excluding hydrogens is 313 g/mol. The summed E-state index contributed by atoms with van der Waals surface area (Å²) in [6.07, 6.45) is 0. The molecule has 0 bridgehead atoms. The minimum atomic E-state index is -1.11. The number of rotatable bonds is 3. The minimum absolute atomic E-state index is 0.0142. The van der Waals surface area contributed by atoms with Crippen molar-refractivity contribution in [2.45, 2.75) is 13.0 Å². The predicted octanol–water partition coefficient (Wildman–Crippen LogP) is 2.03. The number of benzene rings is 2. The van der Waals surface area contributed by atoms with E-state index in [1.54, 1.807) is 30.3 Å². The predicted molar refractivity (Wildman–Crippen MR) is 88.6 cm³/mol. The molecule has 0 radical (unpaired) electrons. The van der Waals surface area contributed by atoms with Crippen molar-refractivity contribution in [1.82, 2.24) is 9.55 Å². The zero-order valence-electron chi connectivity index (χ0n) is 12.7. The topological polar surface area (TPSA) is 84.0 Å². The van der Waals surface area contributed by atoms with Crippen molar-refractivity contribution in [2.75, 3.05) is 5.32 Å². The second-order valence-corrected chi connectivity index (χ2v) is 5.30. The number of aromatic nitrogens is 2. The molecule has 1 aromatic heterocycles. The molecule has 1 amide bonds. The van der Waals surface area contributed by atoms with Crippen LogP contribution in [0.3, 0.4) is 0 Å². The van der Waals surface area contributed by atoms with Gasteiger partial charge in [-0.1, -0.05) is 24.3 Å². The lowest BCUT2D eigenvalue weighted by Crippen LogP contribution is -2.41. The summed E-state index contributed by atoms with van der Waals surface area (Å²) in [5.74, 6) is -1.26. The Morgan fingerprint density at radius 2 is 1.79 bits per heavy atom. The molecule has 3 rings (SSSR count). The Hall–Kier alpha value is -3.22. The number of halogens is 1. The van der Waals surface area contributed by atoms with Crippen LogP contribution in [0.2, 0.25) is 0 Å². The fourth-order valence-electron chi connectivity index (χ4n) is 2.44. The third kappa shape index (κ3) is 2.71. The number of fused-ring (bicyclic) bond motifs is 1. The molecular formula is C17H14FN3O3. The van der Waals surface area contributed by atoms with Gasteiger partial charge in [0.1, 0.15) is 11.9 Å². The molecule has 0 spiro atoms. The number of H-pyrrole nitrogens is 1. The smallest absolute Gasteiger partial charge is 0.322 e. The largest absolute Gasteiger partial charge is 0.329 e. The zero-order chi connectivity index (χ0) is 17.3. The molecule has 3 aromatic rings. The normalized spacial score (nSPS) is 12.1. The lowest BCUT2D eigenvalue weighted by atomic mass is 10.2. The number of para-hydroxylation sites is 2. The molecule has 1 atom stereocenters. The molecule has 2 aromatic carbocycles. The summed E-state index contributed by atoms with van der Waals surface area (Å²) in [6, 6.07) is 11.1. The number of nitrogens with zero attached hydrogens (tertiary/aromatic N) is 1. The minimum Gasteiger partial charge on any atom is -0.322 e. The quantitative estimate of drug-likeness (QED) is 0.772. The maximum absolute atomic E-state index is 13.6. The summed E-state index contributed by atoms with van der Waals surface area (Å²) < 4.78 is 14.4. The number of aromatic amines is 1. The number of carbonyl (C=O) groups is 1. The monoisotopic (exact) mass is 327 g/mol. The fourth-order valence-corrected chi connectivity index (χ4v) is 2.44. The maximum atomic E-state index is 13.6. The SMILES string of the molecule is C[C@@H](C(=O)Nc1ccccc1F)n1c(=O)[nH]c2ccccc2c1=O. The Bertz CT molecular complexity index is 1040. The van der Waals surface area contributed by atoms with Gasteiger partial charge in [0.15, 0.2) is 0 Å². The average Bonchev–Trinajstić information content (AvgIpc) is 2.56. The Morgan fingerprint density at radius 3 is 2.54 bits per heavy atom. The van der Waals surface area contributed by atoms with E-state index in [4.69, 9.17) is 0 Å². The van der Waals surface area contributed by atoms with Crippen LogP contribution in [0.15, 0.2) is 58.1 Å². The van der Waals surface area contributed by atoms with Gasteiger partial charge in [0, 0.05) is 0 Å². The molecule has 1 heterocycles. The van der Waals surface area contributed by atoms with E-state index < -0.39 is 29.0 Å². The van der Waals surface area contributed by atoms with E-state index in [0.717, 1.165) is 4.57 Å². The molecule has 0 fully saturated rings. The number of hydrogen-bond donors (Lipinski definition) is 2. The van der Waals surface area contributed by atoms with Gasteiger partial charge in [0.25, 0.3) is 5.56 Å². The first-order valence-electron chi connectivity index (χ1n) is 7.28. The van der Waals surface area contributed by atoms with E-state index in [1.807, 2.05) is 0 Å². The third-order valence-corrected chi connectivity index (χ3v) is 3.74. The van der Waals surface area contributed by atoms with E-state index in [9.17, 15) is 18.8 Å². The van der Waals surface area contributed by atoms with Crippen LogP contribution < -0.4 is 16.6 Å². The van der Waals surface area contributed by atoms with Gasteiger partial charge in [-0.25, -0.2) is 13.8 Å². The van der Waals surface area contributed by atoms with Crippen molar-refractivity contribution >= 4 is 22.5 Å². The van der Waals surface area contributed by atoms with Gasteiger partial charge < -0.3 is 10.3 Å². The van der Waals surface area contributed by atoms with Crippen LogP contribution in [-0.4, -0.2) is 15.5 Å². The van der Waals surface area contributed by atoms with Gasteiger partial charge in [-0.3, -0.25) is 9.59 Å². The third-order valence-electron chi connectivity index (χ3n) is 3.74. The van der Waals surface area contributed by atoms with E-state index >= 15 is 0 Å². The van der Waals surface area contributed by atoms with Crippen molar-refractivity contribution in [3.05, 3.63) is 75.2 Å². The maximum Gasteiger partial charge on any atom is 0.329 e. The highest BCUT2D eigenvalue weighted by atomic mass is 19.1. The number of carbonyl (C=O) groups excluding carboxylic acids is 1. The molecule has 0 aliphatic carbocycles. The summed E-state index contributed by atoms with van der Waals surface area (Å²) >= 11 is 0. The van der Waals surface area contributed by atoms with Crippen LogP contribution in [0, 0.1) is 5.82 Å². The van der Waals surface area contributed by atoms with Crippen molar-refractivity contribution in [2.24, 2.45) is 0 Å². The lowest BCUT2D eigenvalue weighted by Gasteiger charge is -2.15. The summed E-state index contributed by atoms with van der Waals surface area (Å²) in [5, 5.41) is 2.68. The number of amides is 1. The van der Waals surface area contributed by atoms with Gasteiger partial charge in [0.05, 0.1) is 16.6 Å². The highest BCUT2D eigenvalue weighted by Crippen LogP contribution is 2.14. The van der Waals surface area contributed by atoms with Crippen LogP contribution >= 0.6 is 0 Å². The molecule has 0 saturated carbocycles. The first kappa shape index (κ1) is 15.7. The molecule has 0 unspecified atom stereocenters. The van der Waals surface area contributed by atoms with Gasteiger partial charge in [-0.2, -0.15) is 0 Å². The summed E-state index contributed by atoms with van der Waals surface area (Å²) in [5.41, 5.74) is -0.898. The summed E-state index contributed by atoms with van der Waals surface area (Å²) in [6.45, 7) is 1.40. The lowest BCUT2D eigenvalue weighted by molar-refractivity contribution is -0.119. The van der Waals surface area contributed by atoms with Crippen molar-refractivity contribution in [3.63, 3.8) is 0 Å². The second kappa shape index (κ2) is 6.11. The van der Waals surface area contributed by atoms with Gasteiger partial charge in [0.2, 0.25) is 5.91 Å². The number of anilines is 1. The van der Waals surface area contributed by atoms with Crippen molar-refractivity contribution in [1.29, 1.82) is 0 Å². The summed E-state index contributed by atoms with van der Waals surface area (Å²) in [4.78, 5) is 39.6. The highest BCUT2D eigenvalue weighted by Gasteiger charge is 2.21. The highest BCUT2D eigenvalue weighted by molar-refractivity contribution is 5.93. The Kier molecular flexibility index (Phi) is 3.99. The van der Waals surface area contributed by atoms with Gasteiger partial charge in [-0.05, 0) is 31.2 Å². The van der Waals surface area contributed by atoms with Crippen LogP contribution in [0.4, 0.5) is 10.1 Å². The Balaban J connectivity index is 2.01. The van der Waals surface area contributed by atoms with Crippen molar-refractivity contribution in [3.8, 4) is 0 Å². The average molecular weight is 327 g/mol. The van der Waals surface area contributed by atoms with E-state index in [2.05, 4.69) is 10.3 Å². The van der Waals surface area contributed by atoms with E-state index in [1.165, 1.54) is 25.1 Å². The standard InChI is InChI=1S/C17H14FN3O3/c1-10(15(22)19-14-9-5-3-7-12(14)18)21-16(23)11-6-2-4-8-13(11)20-17(21)24/h2-10H,1H3,(H,19,22)(H,20,24)/t10-/m0/s1. The van der Waals surface area contributed by atoms with Gasteiger partial charge in [-0.15, -0.1) is 0 Å². The molecule has 7 heteroatoms. The molecule has 0 aliphatic heterocycles. The van der Waals surface area contributed by atoms with Crippen LogP contribution in [0.25, 0.3) is 10.9 Å². The Morgan fingerprint density at radius 1 is 1.12 bits per heavy atom. The number of nitrogens with one attached hydrogen (secondary N) is 2. The first-order valence-corrected chi connectivity index (χ1v) is 7.28. The molecule has 0 aliphatic rings. The van der Waals surface area contributed by atoms with E-state index in [-0.39, 0.29) is 5.69 Å². The first-order chi connectivity index (χ1) is 11.5. The number of hydrogen-bond acceptors (Lipinski definition) is 3. The molecule has 2 N–H and O–H groups in total. The van der Waals surface area contributed by atoms with Crippen LogP contribution in [0.1, 0.15) is 13.0 Å². The molecule has 24 heavy (non-hydrogen) atoms. The van der Waals surface area contributed by atoms with Crippen LogP contribution in [-0.2, 0) is 4.79 Å². The van der Waals surface area contributed by atoms with E-state index in [0.29, 0.717) is 10.9 Å².